The highest BCUT2D eigenvalue weighted by molar-refractivity contribution is 9.10. The molecule has 1 aliphatic heterocycles. The fourth-order valence-electron chi connectivity index (χ4n) is 2.52. The van der Waals surface area contributed by atoms with E-state index in [4.69, 9.17) is 25.8 Å². The van der Waals surface area contributed by atoms with Gasteiger partial charge < -0.3 is 14.2 Å². The lowest BCUT2D eigenvalue weighted by Gasteiger charge is -2.18. The van der Waals surface area contributed by atoms with E-state index in [2.05, 4.69) is 15.9 Å². The van der Waals surface area contributed by atoms with Gasteiger partial charge in [0.2, 0.25) is 0 Å². The molecule has 0 bridgehead atoms. The van der Waals surface area contributed by atoms with Crippen molar-refractivity contribution in [3.63, 3.8) is 0 Å². The van der Waals surface area contributed by atoms with E-state index in [0.29, 0.717) is 6.10 Å². The monoisotopic (exact) mass is 362 g/mol. The molecule has 20 heavy (non-hydrogen) atoms. The Balaban J connectivity index is 2.08. The Morgan fingerprint density at radius 1 is 1.40 bits per heavy atom. The number of benzene rings is 1. The summed E-state index contributed by atoms with van der Waals surface area (Å²) >= 11 is 10.0. The molecular weight excluding hydrogens is 344 g/mol. The van der Waals surface area contributed by atoms with Gasteiger partial charge in [-0.15, -0.1) is 11.6 Å². The lowest BCUT2D eigenvalue weighted by atomic mass is 10.0. The summed E-state index contributed by atoms with van der Waals surface area (Å²) in [5, 5.41) is -0.0867. The zero-order chi connectivity index (χ0) is 14.5. The van der Waals surface area contributed by atoms with Crippen LogP contribution < -0.4 is 9.47 Å². The molecule has 0 aromatic heterocycles. The van der Waals surface area contributed by atoms with E-state index >= 15 is 0 Å². The predicted molar refractivity (Wildman–Crippen MR) is 84.0 cm³/mol. The van der Waals surface area contributed by atoms with Crippen molar-refractivity contribution in [2.24, 2.45) is 0 Å². The Kier molecular flexibility index (Phi) is 6.00. The molecule has 112 valence electrons. The number of alkyl halides is 1. The van der Waals surface area contributed by atoms with Gasteiger partial charge in [-0.2, -0.15) is 0 Å². The first-order chi connectivity index (χ1) is 9.67. The van der Waals surface area contributed by atoms with Crippen LogP contribution in [0.25, 0.3) is 0 Å². The van der Waals surface area contributed by atoms with E-state index < -0.39 is 0 Å². The molecule has 5 heteroatoms. The normalized spacial score (nSPS) is 19.9. The summed E-state index contributed by atoms with van der Waals surface area (Å²) in [5.74, 6) is 1.49. The summed E-state index contributed by atoms with van der Waals surface area (Å²) in [6, 6.07) is 3.87. The van der Waals surface area contributed by atoms with Crippen LogP contribution >= 0.6 is 27.5 Å². The van der Waals surface area contributed by atoms with Crippen LogP contribution in [0.4, 0.5) is 0 Å². The molecule has 1 saturated heterocycles. The summed E-state index contributed by atoms with van der Waals surface area (Å²) in [7, 11) is 3.28. The highest BCUT2D eigenvalue weighted by Gasteiger charge is 2.21. The van der Waals surface area contributed by atoms with Crippen molar-refractivity contribution in [2.45, 2.75) is 37.2 Å². The number of halogens is 2. The minimum absolute atomic E-state index is 0.0867. The fraction of sp³-hybridized carbons (Fsp3) is 0.600. The number of ether oxygens (including phenoxy) is 3. The summed E-state index contributed by atoms with van der Waals surface area (Å²) in [6.07, 6.45) is 4.54. The highest BCUT2D eigenvalue weighted by Crippen LogP contribution is 2.43. The first-order valence-corrected chi connectivity index (χ1v) is 8.06. The van der Waals surface area contributed by atoms with Crippen molar-refractivity contribution >= 4 is 27.5 Å². The zero-order valence-corrected chi connectivity index (χ0v) is 14.2. The largest absolute Gasteiger partial charge is 0.495 e. The molecule has 0 amide bonds. The number of methoxy groups -OCH3 is 2. The van der Waals surface area contributed by atoms with Crippen molar-refractivity contribution < 1.29 is 14.2 Å². The summed E-state index contributed by atoms with van der Waals surface area (Å²) in [5.41, 5.74) is 0.986. The molecule has 0 saturated carbocycles. The molecule has 0 N–H and O–H groups in total. The fourth-order valence-corrected chi connectivity index (χ4v) is 3.51. The first kappa shape index (κ1) is 15.9. The molecular formula is C15H20BrClO3. The highest BCUT2D eigenvalue weighted by atomic mass is 79.9. The second kappa shape index (κ2) is 7.53. The average Bonchev–Trinajstić information content (AvgIpc) is 2.97. The molecule has 2 unspecified atom stereocenters. The van der Waals surface area contributed by atoms with Crippen molar-refractivity contribution in [3.05, 3.63) is 22.2 Å². The van der Waals surface area contributed by atoms with E-state index in [1.54, 1.807) is 14.2 Å². The summed E-state index contributed by atoms with van der Waals surface area (Å²) in [4.78, 5) is 0. The molecule has 0 aliphatic carbocycles. The molecule has 1 aliphatic rings. The Morgan fingerprint density at radius 3 is 2.80 bits per heavy atom. The van der Waals surface area contributed by atoms with Crippen LogP contribution in [-0.4, -0.2) is 26.9 Å². The van der Waals surface area contributed by atoms with E-state index in [1.165, 1.54) is 0 Å². The quantitative estimate of drug-likeness (QED) is 0.685. The van der Waals surface area contributed by atoms with Gasteiger partial charge in [0.25, 0.3) is 0 Å². The maximum Gasteiger partial charge on any atom is 0.141 e. The van der Waals surface area contributed by atoms with Crippen LogP contribution in [0.15, 0.2) is 16.6 Å². The molecule has 1 fully saturated rings. The van der Waals surface area contributed by atoms with Gasteiger partial charge in [-0.25, -0.2) is 0 Å². The average molecular weight is 364 g/mol. The van der Waals surface area contributed by atoms with Crippen molar-refractivity contribution in [1.82, 2.24) is 0 Å². The minimum atomic E-state index is -0.0867. The van der Waals surface area contributed by atoms with Crippen LogP contribution in [0.2, 0.25) is 0 Å². The summed E-state index contributed by atoms with van der Waals surface area (Å²) < 4.78 is 17.2. The summed E-state index contributed by atoms with van der Waals surface area (Å²) in [6.45, 7) is 0.884. The minimum Gasteiger partial charge on any atom is -0.495 e. The van der Waals surface area contributed by atoms with Crippen LogP contribution in [0.3, 0.4) is 0 Å². The van der Waals surface area contributed by atoms with Gasteiger partial charge in [-0.3, -0.25) is 0 Å². The molecule has 2 atom stereocenters. The molecule has 2 rings (SSSR count). The Morgan fingerprint density at radius 2 is 2.20 bits per heavy atom. The second-order valence-corrected chi connectivity index (χ2v) is 6.20. The Bertz CT molecular complexity index is 447. The van der Waals surface area contributed by atoms with Crippen LogP contribution in [-0.2, 0) is 4.74 Å². The van der Waals surface area contributed by atoms with E-state index in [0.717, 1.165) is 53.8 Å². The van der Waals surface area contributed by atoms with Gasteiger partial charge in [0.15, 0.2) is 0 Å². The smallest absolute Gasteiger partial charge is 0.141 e. The Labute approximate surface area is 133 Å². The molecule has 0 spiro atoms. The molecule has 1 heterocycles. The van der Waals surface area contributed by atoms with Crippen LogP contribution in [0.1, 0.15) is 36.6 Å². The van der Waals surface area contributed by atoms with Gasteiger partial charge >= 0.3 is 0 Å². The van der Waals surface area contributed by atoms with E-state index in [9.17, 15) is 0 Å². The van der Waals surface area contributed by atoms with Crippen molar-refractivity contribution in [1.29, 1.82) is 0 Å². The standard InChI is InChI=1S/C15H20BrClO3/c1-18-13-8-6-11(15(19-2)14(13)16)12(17)7-5-10-4-3-9-20-10/h6,8,10,12H,3-5,7,9H2,1-2H3. The second-order valence-electron chi connectivity index (χ2n) is 4.88. The number of hydrogen-bond acceptors (Lipinski definition) is 3. The molecule has 0 radical (unpaired) electrons. The lowest BCUT2D eigenvalue weighted by Crippen LogP contribution is -2.06. The molecule has 1 aromatic rings. The van der Waals surface area contributed by atoms with Crippen LogP contribution in [0, 0.1) is 0 Å². The Hall–Kier alpha value is -0.450. The van der Waals surface area contributed by atoms with E-state index in [1.807, 2.05) is 12.1 Å². The number of hydrogen-bond donors (Lipinski definition) is 0. The maximum atomic E-state index is 6.54. The van der Waals surface area contributed by atoms with Crippen molar-refractivity contribution in [2.75, 3.05) is 20.8 Å². The van der Waals surface area contributed by atoms with Gasteiger partial charge in [-0.05, 0) is 47.7 Å². The molecule has 1 aromatic carbocycles. The topological polar surface area (TPSA) is 27.7 Å². The maximum absolute atomic E-state index is 6.54. The third kappa shape index (κ3) is 3.60. The zero-order valence-electron chi connectivity index (χ0n) is 11.8. The van der Waals surface area contributed by atoms with Gasteiger partial charge in [0.05, 0.1) is 25.7 Å². The number of rotatable bonds is 6. The van der Waals surface area contributed by atoms with Gasteiger partial charge in [0.1, 0.15) is 16.0 Å². The third-order valence-electron chi connectivity index (χ3n) is 3.62. The predicted octanol–water partition coefficient (Wildman–Crippen LogP) is 4.71. The van der Waals surface area contributed by atoms with E-state index in [-0.39, 0.29) is 5.38 Å². The third-order valence-corrected chi connectivity index (χ3v) is 4.82. The SMILES string of the molecule is COc1ccc(C(Cl)CCC2CCCO2)c(OC)c1Br. The van der Waals surface area contributed by atoms with Gasteiger partial charge in [0, 0.05) is 12.2 Å². The van der Waals surface area contributed by atoms with Crippen molar-refractivity contribution in [3.8, 4) is 11.5 Å². The van der Waals surface area contributed by atoms with Crippen LogP contribution in [0.5, 0.6) is 11.5 Å². The lowest BCUT2D eigenvalue weighted by molar-refractivity contribution is 0.102. The van der Waals surface area contributed by atoms with Gasteiger partial charge in [-0.1, -0.05) is 6.07 Å². The first-order valence-electron chi connectivity index (χ1n) is 6.83. The molecule has 3 nitrogen and oxygen atoms in total.